The lowest BCUT2D eigenvalue weighted by Gasteiger charge is -2.50. The van der Waals surface area contributed by atoms with E-state index in [9.17, 15) is 4.79 Å². The smallest absolute Gasteiger partial charge is 0.366 e. The molecule has 0 radical (unpaired) electrons. The minimum absolute atomic E-state index is 0.121. The van der Waals surface area contributed by atoms with E-state index in [1.807, 2.05) is 60.7 Å². The molecule has 4 rings (SSSR count). The molecule has 0 saturated carbocycles. The zero-order valence-electron chi connectivity index (χ0n) is 19.8. The highest BCUT2D eigenvalue weighted by Crippen LogP contribution is 2.36. The summed E-state index contributed by atoms with van der Waals surface area (Å²) in [5.41, 5.74) is 2.01. The van der Waals surface area contributed by atoms with Gasteiger partial charge in [0, 0.05) is 14.0 Å². The molecular formula is C26H32O8. The van der Waals surface area contributed by atoms with E-state index >= 15 is 0 Å². The fourth-order valence-electron chi connectivity index (χ4n) is 4.15. The fraction of sp³-hybridized carbons (Fsp3) is 0.500. The molecule has 0 amide bonds. The van der Waals surface area contributed by atoms with Crippen molar-refractivity contribution in [1.82, 2.24) is 0 Å². The van der Waals surface area contributed by atoms with Gasteiger partial charge in [-0.05, 0) is 18.1 Å². The Bertz CT molecular complexity index is 908. The molecule has 0 bridgehead atoms. The van der Waals surface area contributed by atoms with Gasteiger partial charge in [-0.25, -0.2) is 4.79 Å². The predicted octanol–water partition coefficient (Wildman–Crippen LogP) is 3.22. The summed E-state index contributed by atoms with van der Waals surface area (Å²) in [6.07, 6.45) is -3.06. The maximum atomic E-state index is 12.6. The monoisotopic (exact) mass is 472 g/mol. The third kappa shape index (κ3) is 5.66. The Balaban J connectivity index is 1.58. The number of carbonyl (C=O) groups is 1. The second-order valence-electron chi connectivity index (χ2n) is 8.36. The van der Waals surface area contributed by atoms with Crippen LogP contribution in [0.2, 0.25) is 0 Å². The summed E-state index contributed by atoms with van der Waals surface area (Å²) in [5.74, 6) is -2.16. The molecule has 0 aliphatic carbocycles. The van der Waals surface area contributed by atoms with Gasteiger partial charge in [-0.1, -0.05) is 60.7 Å². The second kappa shape index (κ2) is 11.4. The van der Waals surface area contributed by atoms with E-state index in [1.54, 1.807) is 21.0 Å². The molecule has 2 heterocycles. The number of ether oxygens (including phenoxy) is 7. The zero-order valence-corrected chi connectivity index (χ0v) is 19.8. The quantitative estimate of drug-likeness (QED) is 0.515. The molecule has 8 heteroatoms. The van der Waals surface area contributed by atoms with Crippen molar-refractivity contribution < 1.29 is 38.0 Å². The normalized spacial score (nSPS) is 31.0. The molecule has 2 aromatic rings. The maximum Gasteiger partial charge on any atom is 0.366 e. The highest BCUT2D eigenvalue weighted by molar-refractivity contribution is 5.77. The summed E-state index contributed by atoms with van der Waals surface area (Å²) in [6, 6.07) is 19.7. The maximum absolute atomic E-state index is 12.6. The minimum Gasteiger partial charge on any atom is -0.462 e. The molecule has 0 aromatic heterocycles. The number of fused-ring (bicyclic) bond motifs is 1. The van der Waals surface area contributed by atoms with Gasteiger partial charge in [0.25, 0.3) is 5.79 Å². The van der Waals surface area contributed by atoms with Crippen LogP contribution < -0.4 is 0 Å². The molecule has 6 atom stereocenters. The Labute approximate surface area is 200 Å². The summed E-state index contributed by atoms with van der Waals surface area (Å²) < 4.78 is 41.5. The number of carbonyl (C=O) groups excluding carboxylic acids is 1. The van der Waals surface area contributed by atoms with E-state index in [-0.39, 0.29) is 13.2 Å². The summed E-state index contributed by atoms with van der Waals surface area (Å²) in [7, 11) is 1.56. The number of esters is 1. The van der Waals surface area contributed by atoms with Crippen LogP contribution in [-0.4, -0.2) is 62.8 Å². The molecule has 184 valence electrons. The average molecular weight is 473 g/mol. The van der Waals surface area contributed by atoms with E-state index in [1.165, 1.54) is 0 Å². The molecule has 0 spiro atoms. The van der Waals surface area contributed by atoms with Gasteiger partial charge in [-0.3, -0.25) is 0 Å². The van der Waals surface area contributed by atoms with Crippen molar-refractivity contribution in [2.45, 2.75) is 63.6 Å². The standard InChI is InChI=1S/C26H32O8/c1-4-29-25(27)26(2)32-17-20-21(34-26)22(30-15-18-11-7-5-8-12-18)23(24(28-3)33-20)31-16-19-13-9-6-10-14-19/h5-14,20-24H,4,15-17H2,1-3H3/t20-,21-,22+,23+,24+,26+/m1/s1. The van der Waals surface area contributed by atoms with Gasteiger partial charge in [-0.15, -0.1) is 0 Å². The van der Waals surface area contributed by atoms with Crippen LogP contribution in [0.25, 0.3) is 0 Å². The third-order valence-corrected chi connectivity index (χ3v) is 5.92. The largest absolute Gasteiger partial charge is 0.462 e. The molecule has 2 aromatic carbocycles. The Kier molecular flexibility index (Phi) is 8.31. The van der Waals surface area contributed by atoms with Crippen LogP contribution >= 0.6 is 0 Å². The first-order valence-electron chi connectivity index (χ1n) is 11.5. The Hall–Kier alpha value is -2.33. The fourth-order valence-corrected chi connectivity index (χ4v) is 4.15. The molecule has 0 N–H and O–H groups in total. The average Bonchev–Trinajstić information content (AvgIpc) is 2.87. The van der Waals surface area contributed by atoms with Gasteiger partial charge in [0.1, 0.15) is 24.4 Å². The summed E-state index contributed by atoms with van der Waals surface area (Å²) >= 11 is 0. The first-order valence-corrected chi connectivity index (χ1v) is 11.5. The number of benzene rings is 2. The summed E-state index contributed by atoms with van der Waals surface area (Å²) in [4.78, 5) is 12.6. The van der Waals surface area contributed by atoms with Crippen molar-refractivity contribution in [3.05, 3.63) is 71.8 Å². The summed E-state index contributed by atoms with van der Waals surface area (Å²) in [5, 5.41) is 0. The van der Waals surface area contributed by atoms with E-state index in [4.69, 9.17) is 33.2 Å². The number of rotatable bonds is 9. The van der Waals surface area contributed by atoms with Gasteiger partial charge >= 0.3 is 5.97 Å². The van der Waals surface area contributed by atoms with E-state index in [0.717, 1.165) is 11.1 Å². The van der Waals surface area contributed by atoms with Crippen molar-refractivity contribution in [2.24, 2.45) is 0 Å². The van der Waals surface area contributed by atoms with Gasteiger partial charge in [-0.2, -0.15) is 0 Å². The number of hydrogen-bond donors (Lipinski definition) is 0. The lowest BCUT2D eigenvalue weighted by molar-refractivity contribution is -0.385. The van der Waals surface area contributed by atoms with Crippen molar-refractivity contribution >= 4 is 5.97 Å². The van der Waals surface area contributed by atoms with E-state index < -0.39 is 42.5 Å². The molecule has 2 fully saturated rings. The van der Waals surface area contributed by atoms with E-state index in [2.05, 4.69) is 0 Å². The SMILES string of the molecule is CCOC(=O)[C@@]1(C)OC[C@H]2O[C@H](OC)[C@@H](OCc3ccccc3)[C@@H](OCc3ccccc3)[C@@H]2O1. The number of hydrogen-bond acceptors (Lipinski definition) is 8. The Morgan fingerprint density at radius 1 is 0.971 bits per heavy atom. The summed E-state index contributed by atoms with van der Waals surface area (Å²) in [6.45, 7) is 4.29. The van der Waals surface area contributed by atoms with Gasteiger partial charge in [0.15, 0.2) is 6.29 Å². The first-order chi connectivity index (χ1) is 16.5. The second-order valence-corrected chi connectivity index (χ2v) is 8.36. The van der Waals surface area contributed by atoms with Crippen molar-refractivity contribution in [1.29, 1.82) is 0 Å². The first kappa shape index (κ1) is 24.8. The molecule has 8 nitrogen and oxygen atoms in total. The highest BCUT2D eigenvalue weighted by atomic mass is 16.8. The predicted molar refractivity (Wildman–Crippen MR) is 122 cm³/mol. The van der Waals surface area contributed by atoms with Gasteiger partial charge < -0.3 is 33.2 Å². The lowest BCUT2D eigenvalue weighted by Crippen LogP contribution is -2.67. The Morgan fingerprint density at radius 3 is 2.12 bits per heavy atom. The molecule has 2 aliphatic rings. The van der Waals surface area contributed by atoms with Crippen LogP contribution in [0, 0.1) is 0 Å². The van der Waals surface area contributed by atoms with Gasteiger partial charge in [0.05, 0.1) is 26.4 Å². The van der Waals surface area contributed by atoms with Crippen LogP contribution in [-0.2, 0) is 51.2 Å². The lowest BCUT2D eigenvalue weighted by atomic mass is 9.96. The minimum atomic E-state index is -1.57. The Morgan fingerprint density at radius 2 is 1.56 bits per heavy atom. The van der Waals surface area contributed by atoms with Crippen LogP contribution in [0.4, 0.5) is 0 Å². The van der Waals surface area contributed by atoms with E-state index in [0.29, 0.717) is 13.2 Å². The van der Waals surface area contributed by atoms with Crippen molar-refractivity contribution in [3.8, 4) is 0 Å². The zero-order chi connectivity index (χ0) is 24.0. The van der Waals surface area contributed by atoms with Crippen LogP contribution in [0.3, 0.4) is 0 Å². The topological polar surface area (TPSA) is 81.7 Å². The van der Waals surface area contributed by atoms with Crippen LogP contribution in [0.5, 0.6) is 0 Å². The molecule has 0 unspecified atom stereocenters. The van der Waals surface area contributed by atoms with Crippen LogP contribution in [0.1, 0.15) is 25.0 Å². The van der Waals surface area contributed by atoms with Crippen molar-refractivity contribution in [3.63, 3.8) is 0 Å². The van der Waals surface area contributed by atoms with Crippen LogP contribution in [0.15, 0.2) is 60.7 Å². The molecule has 2 saturated heterocycles. The highest BCUT2D eigenvalue weighted by Gasteiger charge is 2.56. The van der Waals surface area contributed by atoms with Crippen molar-refractivity contribution in [2.75, 3.05) is 20.3 Å². The molecular weight excluding hydrogens is 440 g/mol. The van der Waals surface area contributed by atoms with Gasteiger partial charge in [0.2, 0.25) is 0 Å². The third-order valence-electron chi connectivity index (χ3n) is 5.92. The number of methoxy groups -OCH3 is 1. The molecule has 2 aliphatic heterocycles. The molecule has 34 heavy (non-hydrogen) atoms.